The average molecular weight is 206 g/mol. The van der Waals surface area contributed by atoms with Crippen molar-refractivity contribution in [2.75, 3.05) is 5.32 Å². The number of anilines is 1. The fourth-order valence-electron chi connectivity index (χ4n) is 1.13. The van der Waals surface area contributed by atoms with E-state index >= 15 is 0 Å². The standard InChI is InChI=1S/C10H7N3.ClH/c11-7-8-2-3-9-10(6-8)13-5-1-4-12-9;/h1-6,12H;1H. The average Bonchev–Trinajstić information content (AvgIpc) is 2.41. The molecular weight excluding hydrogens is 198 g/mol. The molecule has 2 rings (SSSR count). The zero-order valence-electron chi connectivity index (χ0n) is 7.27. The summed E-state index contributed by atoms with van der Waals surface area (Å²) in [6, 6.07) is 7.44. The zero-order valence-corrected chi connectivity index (χ0v) is 8.08. The largest absolute Gasteiger partial charge is 0.360 e. The van der Waals surface area contributed by atoms with Crippen LogP contribution in [-0.2, 0) is 0 Å². The second-order valence-corrected chi connectivity index (χ2v) is 2.63. The number of rotatable bonds is 0. The molecule has 1 aromatic carbocycles. The predicted octanol–water partition coefficient (Wildman–Crippen LogP) is 2.62. The number of halogens is 1. The van der Waals surface area contributed by atoms with E-state index in [1.54, 1.807) is 24.5 Å². The Balaban J connectivity index is 0.000000980. The Morgan fingerprint density at radius 2 is 2.21 bits per heavy atom. The van der Waals surface area contributed by atoms with Crippen molar-refractivity contribution in [1.29, 1.82) is 5.26 Å². The van der Waals surface area contributed by atoms with Crippen molar-refractivity contribution in [3.8, 4) is 6.07 Å². The third kappa shape index (κ3) is 1.93. The van der Waals surface area contributed by atoms with Crippen LogP contribution in [0.25, 0.3) is 0 Å². The quantitative estimate of drug-likeness (QED) is 0.708. The fraction of sp³-hybridized carbons (Fsp3) is 0. The molecule has 3 nitrogen and oxygen atoms in total. The lowest BCUT2D eigenvalue weighted by Gasteiger charge is -2.02. The van der Waals surface area contributed by atoms with Crippen molar-refractivity contribution in [3.63, 3.8) is 0 Å². The second kappa shape index (κ2) is 4.45. The summed E-state index contributed by atoms with van der Waals surface area (Å²) in [4.78, 5) is 4.17. The number of benzene rings is 1. The van der Waals surface area contributed by atoms with Crippen LogP contribution in [-0.4, -0.2) is 6.21 Å². The lowest BCUT2D eigenvalue weighted by molar-refractivity contribution is 1.45. The van der Waals surface area contributed by atoms with E-state index < -0.39 is 0 Å². The normalized spacial score (nSPS) is 11.6. The maximum atomic E-state index is 8.67. The highest BCUT2D eigenvalue weighted by atomic mass is 35.5. The molecule has 4 heteroatoms. The van der Waals surface area contributed by atoms with Crippen LogP contribution in [0.1, 0.15) is 5.56 Å². The highest BCUT2D eigenvalue weighted by molar-refractivity contribution is 5.85. The molecule has 0 radical (unpaired) electrons. The van der Waals surface area contributed by atoms with Gasteiger partial charge < -0.3 is 5.32 Å². The molecule has 14 heavy (non-hydrogen) atoms. The first-order chi connectivity index (χ1) is 6.40. The van der Waals surface area contributed by atoms with Gasteiger partial charge >= 0.3 is 0 Å². The smallest absolute Gasteiger partial charge is 0.0992 e. The van der Waals surface area contributed by atoms with Crippen LogP contribution >= 0.6 is 12.4 Å². The van der Waals surface area contributed by atoms with Crippen molar-refractivity contribution in [3.05, 3.63) is 36.0 Å². The van der Waals surface area contributed by atoms with E-state index in [2.05, 4.69) is 16.4 Å². The Labute approximate surface area is 88.2 Å². The van der Waals surface area contributed by atoms with Crippen molar-refractivity contribution in [2.45, 2.75) is 0 Å². The Morgan fingerprint density at radius 3 is 3.00 bits per heavy atom. The minimum Gasteiger partial charge on any atom is -0.360 e. The summed E-state index contributed by atoms with van der Waals surface area (Å²) in [5, 5.41) is 11.7. The van der Waals surface area contributed by atoms with Gasteiger partial charge in [0.15, 0.2) is 0 Å². The van der Waals surface area contributed by atoms with Crippen LogP contribution in [0.4, 0.5) is 11.4 Å². The zero-order chi connectivity index (χ0) is 9.10. The van der Waals surface area contributed by atoms with Crippen LogP contribution < -0.4 is 5.32 Å². The van der Waals surface area contributed by atoms with Crippen molar-refractivity contribution >= 4 is 30.0 Å². The van der Waals surface area contributed by atoms with Gasteiger partial charge in [-0.1, -0.05) is 0 Å². The molecule has 0 unspecified atom stereocenters. The van der Waals surface area contributed by atoms with Gasteiger partial charge in [0.1, 0.15) is 0 Å². The van der Waals surface area contributed by atoms with Gasteiger partial charge in [0.2, 0.25) is 0 Å². The number of allylic oxidation sites excluding steroid dienone is 1. The van der Waals surface area contributed by atoms with Crippen LogP contribution in [0.2, 0.25) is 0 Å². The maximum Gasteiger partial charge on any atom is 0.0992 e. The predicted molar refractivity (Wildman–Crippen MR) is 59.3 cm³/mol. The molecule has 0 saturated carbocycles. The van der Waals surface area contributed by atoms with Gasteiger partial charge in [0.25, 0.3) is 0 Å². The van der Waals surface area contributed by atoms with E-state index in [4.69, 9.17) is 5.26 Å². The van der Waals surface area contributed by atoms with Gasteiger partial charge in [-0.25, -0.2) is 0 Å². The van der Waals surface area contributed by atoms with Gasteiger partial charge in [0, 0.05) is 12.4 Å². The first-order valence-electron chi connectivity index (χ1n) is 3.90. The number of nitrogens with zero attached hydrogens (tertiary/aromatic N) is 2. The monoisotopic (exact) mass is 205 g/mol. The van der Waals surface area contributed by atoms with E-state index in [0.29, 0.717) is 5.56 Å². The van der Waals surface area contributed by atoms with Gasteiger partial charge in [0.05, 0.1) is 23.0 Å². The first kappa shape index (κ1) is 10.3. The van der Waals surface area contributed by atoms with Crippen LogP contribution in [0, 0.1) is 11.3 Å². The van der Waals surface area contributed by atoms with Gasteiger partial charge in [-0.2, -0.15) is 5.26 Å². The van der Waals surface area contributed by atoms with Crippen LogP contribution in [0.3, 0.4) is 0 Å². The minimum absolute atomic E-state index is 0. The third-order valence-corrected chi connectivity index (χ3v) is 1.76. The summed E-state index contributed by atoms with van der Waals surface area (Å²) >= 11 is 0. The summed E-state index contributed by atoms with van der Waals surface area (Å²) in [6.07, 6.45) is 5.31. The molecule has 0 fully saturated rings. The molecule has 1 aliphatic rings. The Kier molecular flexibility index (Phi) is 3.27. The SMILES string of the molecule is Cl.N#Cc1ccc2c(c1)N=CC=CN2. The molecule has 0 spiro atoms. The van der Waals surface area contributed by atoms with Crippen LogP contribution in [0.15, 0.2) is 35.5 Å². The second-order valence-electron chi connectivity index (χ2n) is 2.63. The summed E-state index contributed by atoms with van der Waals surface area (Å²) in [6.45, 7) is 0. The van der Waals surface area contributed by atoms with E-state index in [1.807, 2.05) is 12.1 Å². The molecule has 0 aromatic heterocycles. The number of nitriles is 1. The number of aliphatic imine (C=N–C) groups is 1. The fourth-order valence-corrected chi connectivity index (χ4v) is 1.13. The topological polar surface area (TPSA) is 48.2 Å². The molecule has 0 aliphatic carbocycles. The highest BCUT2D eigenvalue weighted by Gasteiger charge is 2.01. The van der Waals surface area contributed by atoms with E-state index in [-0.39, 0.29) is 12.4 Å². The molecule has 1 N–H and O–H groups in total. The first-order valence-corrected chi connectivity index (χ1v) is 3.90. The molecule has 0 atom stereocenters. The highest BCUT2D eigenvalue weighted by Crippen LogP contribution is 2.26. The van der Waals surface area contributed by atoms with E-state index in [1.165, 1.54) is 0 Å². The molecule has 0 amide bonds. The van der Waals surface area contributed by atoms with E-state index in [9.17, 15) is 0 Å². The summed E-state index contributed by atoms with van der Waals surface area (Å²) < 4.78 is 0. The number of hydrogen-bond donors (Lipinski definition) is 1. The van der Waals surface area contributed by atoms with Gasteiger partial charge in [-0.05, 0) is 24.3 Å². The third-order valence-electron chi connectivity index (χ3n) is 1.76. The number of nitrogens with one attached hydrogen (secondary N) is 1. The molecule has 1 heterocycles. The Hall–Kier alpha value is -1.79. The summed E-state index contributed by atoms with van der Waals surface area (Å²) in [5.74, 6) is 0. The van der Waals surface area contributed by atoms with E-state index in [0.717, 1.165) is 11.4 Å². The van der Waals surface area contributed by atoms with Crippen LogP contribution in [0.5, 0.6) is 0 Å². The van der Waals surface area contributed by atoms with Gasteiger partial charge in [-0.3, -0.25) is 4.99 Å². The minimum atomic E-state index is 0. The maximum absolute atomic E-state index is 8.67. The molecular formula is C10H8ClN3. The van der Waals surface area contributed by atoms with Crippen molar-refractivity contribution < 1.29 is 0 Å². The molecule has 1 aromatic rings. The number of hydrogen-bond acceptors (Lipinski definition) is 3. The Bertz CT molecular complexity index is 429. The molecule has 0 bridgehead atoms. The Morgan fingerprint density at radius 1 is 1.36 bits per heavy atom. The number of fused-ring (bicyclic) bond motifs is 1. The summed E-state index contributed by atoms with van der Waals surface area (Å²) in [5.41, 5.74) is 2.34. The van der Waals surface area contributed by atoms with Crippen molar-refractivity contribution in [2.24, 2.45) is 4.99 Å². The summed E-state index contributed by atoms with van der Waals surface area (Å²) in [7, 11) is 0. The molecule has 0 saturated heterocycles. The lowest BCUT2D eigenvalue weighted by atomic mass is 10.2. The molecule has 70 valence electrons. The lowest BCUT2D eigenvalue weighted by Crippen LogP contribution is -1.86. The van der Waals surface area contributed by atoms with Crippen molar-refractivity contribution in [1.82, 2.24) is 0 Å². The van der Waals surface area contributed by atoms with Gasteiger partial charge in [-0.15, -0.1) is 12.4 Å². The molecule has 1 aliphatic heterocycles.